The van der Waals surface area contributed by atoms with Gasteiger partial charge in [-0.1, -0.05) is 12.1 Å². The number of nitrogens with zero attached hydrogens (tertiary/aromatic N) is 1. The van der Waals surface area contributed by atoms with E-state index in [1.54, 1.807) is 19.2 Å². The van der Waals surface area contributed by atoms with Crippen LogP contribution in [-0.2, 0) is 16.6 Å². The number of hydrogen-bond acceptors (Lipinski definition) is 6. The van der Waals surface area contributed by atoms with Crippen LogP contribution in [0.3, 0.4) is 0 Å². The van der Waals surface area contributed by atoms with Crippen LogP contribution in [0.1, 0.15) is 34.3 Å². The van der Waals surface area contributed by atoms with Crippen LogP contribution >= 0.6 is 0 Å². The highest BCUT2D eigenvalue weighted by Crippen LogP contribution is 2.63. The number of piperidine rings is 1. The summed E-state index contributed by atoms with van der Waals surface area (Å²) in [4.78, 5) is 15.3. The molecule has 2 aliphatic carbocycles. The molecule has 31 heavy (non-hydrogen) atoms. The number of likely N-dealkylation sites (N-methyl/N-ethyl adjacent to an activating group) is 1. The monoisotopic (exact) mass is 419 g/mol. The molecule has 6 nitrogen and oxygen atoms in total. The largest absolute Gasteiger partial charge is 0.508 e. The van der Waals surface area contributed by atoms with E-state index >= 15 is 0 Å². The van der Waals surface area contributed by atoms with Gasteiger partial charge >= 0.3 is 5.97 Å². The number of likely N-dealkylation sites (tertiary alicyclic amines) is 1. The van der Waals surface area contributed by atoms with Crippen LogP contribution in [0.2, 0.25) is 0 Å². The highest BCUT2D eigenvalue weighted by molar-refractivity contribution is 5.90. The number of methoxy groups -OCH3 is 1. The second kappa shape index (κ2) is 6.50. The number of phenolic OH excluding ortho intramolecular Hbond substituents is 1. The van der Waals surface area contributed by atoms with Gasteiger partial charge in [-0.05, 0) is 74.7 Å². The summed E-state index contributed by atoms with van der Waals surface area (Å²) in [6.07, 6.45) is 4.47. The van der Waals surface area contributed by atoms with Gasteiger partial charge < -0.3 is 24.2 Å². The Hall–Kier alpha value is -2.99. The Balaban J connectivity index is 1.44. The fourth-order valence-electron chi connectivity index (χ4n) is 6.36. The molecule has 2 aromatic carbocycles. The van der Waals surface area contributed by atoms with E-state index in [4.69, 9.17) is 14.2 Å². The maximum atomic E-state index is 12.9. The molecule has 1 spiro atoms. The van der Waals surface area contributed by atoms with Crippen molar-refractivity contribution in [3.8, 4) is 17.2 Å². The molecule has 2 bridgehead atoms. The van der Waals surface area contributed by atoms with Gasteiger partial charge in [0.1, 0.15) is 11.5 Å². The molecule has 160 valence electrons. The Morgan fingerprint density at radius 1 is 1.29 bits per heavy atom. The summed E-state index contributed by atoms with van der Waals surface area (Å²) in [7, 11) is 3.87. The van der Waals surface area contributed by atoms with E-state index in [1.165, 1.54) is 23.3 Å². The smallest absolute Gasteiger partial charge is 0.343 e. The lowest BCUT2D eigenvalue weighted by Gasteiger charge is -2.56. The molecule has 4 atom stereocenters. The Kier molecular flexibility index (Phi) is 3.93. The fraction of sp³-hybridized carbons (Fsp3) is 0.400. The molecule has 2 heterocycles. The minimum atomic E-state index is -0.482. The zero-order valence-corrected chi connectivity index (χ0v) is 17.6. The van der Waals surface area contributed by atoms with Gasteiger partial charge in [-0.25, -0.2) is 4.79 Å². The summed E-state index contributed by atoms with van der Waals surface area (Å²) < 4.78 is 18.1. The number of aromatic hydroxyl groups is 1. The third-order valence-electron chi connectivity index (χ3n) is 7.72. The van der Waals surface area contributed by atoms with Crippen molar-refractivity contribution in [2.75, 3.05) is 20.7 Å². The van der Waals surface area contributed by atoms with Crippen LogP contribution in [0.25, 0.3) is 0 Å². The minimum Gasteiger partial charge on any atom is -0.508 e. The molecule has 1 saturated heterocycles. The van der Waals surface area contributed by atoms with Gasteiger partial charge in [-0.2, -0.15) is 0 Å². The number of benzene rings is 2. The molecule has 1 N–H and O–H groups in total. The molecule has 2 aliphatic heterocycles. The fourth-order valence-corrected chi connectivity index (χ4v) is 6.36. The van der Waals surface area contributed by atoms with Crippen molar-refractivity contribution in [1.29, 1.82) is 0 Å². The van der Waals surface area contributed by atoms with Crippen LogP contribution < -0.4 is 9.47 Å². The highest BCUT2D eigenvalue weighted by Gasteiger charge is 2.64. The molecule has 4 aliphatic rings. The standard InChI is InChI=1S/C25H25NO5/c1-26-11-10-25-17-7-9-20(30-24(28)15-4-3-5-16(27)12-15)23(25)31-22-19(29-2)8-6-14(21(22)25)13-18(17)26/h3-6,8-9,12,17-18,23,27H,7,10-11,13H2,1-2H3. The van der Waals surface area contributed by atoms with Crippen LogP contribution in [-0.4, -0.2) is 48.8 Å². The van der Waals surface area contributed by atoms with Gasteiger partial charge in [-0.3, -0.25) is 0 Å². The van der Waals surface area contributed by atoms with Crippen LogP contribution in [0.4, 0.5) is 0 Å². The van der Waals surface area contributed by atoms with Crippen LogP contribution in [0, 0.1) is 5.92 Å². The number of hydrogen-bond donors (Lipinski definition) is 1. The Labute approximate surface area is 181 Å². The first kappa shape index (κ1) is 18.8. The van der Waals surface area contributed by atoms with Gasteiger partial charge in [0, 0.05) is 17.0 Å². The molecule has 0 amide bonds. The van der Waals surface area contributed by atoms with Gasteiger partial charge in [-0.15, -0.1) is 0 Å². The molecule has 0 saturated carbocycles. The molecular formula is C25H25NO5. The predicted octanol–water partition coefficient (Wildman–Crippen LogP) is 3.42. The van der Waals surface area contributed by atoms with Crippen LogP contribution in [0.5, 0.6) is 17.2 Å². The first-order valence-electron chi connectivity index (χ1n) is 10.8. The summed E-state index contributed by atoms with van der Waals surface area (Å²) in [5.41, 5.74) is 2.67. The topological polar surface area (TPSA) is 68.2 Å². The lowest BCUT2D eigenvalue weighted by atomic mass is 9.53. The highest BCUT2D eigenvalue weighted by atomic mass is 16.6. The maximum absolute atomic E-state index is 12.9. The first-order chi connectivity index (χ1) is 15.0. The van der Waals surface area contributed by atoms with Crippen LogP contribution in [0.15, 0.2) is 48.2 Å². The maximum Gasteiger partial charge on any atom is 0.343 e. The Morgan fingerprint density at radius 3 is 2.97 bits per heavy atom. The summed E-state index contributed by atoms with van der Waals surface area (Å²) in [5, 5.41) is 9.74. The molecule has 1 fully saturated rings. The zero-order valence-electron chi connectivity index (χ0n) is 17.6. The molecule has 6 heteroatoms. The van der Waals surface area contributed by atoms with Gasteiger partial charge in [0.15, 0.2) is 17.6 Å². The number of carbonyl (C=O) groups is 1. The van der Waals surface area contributed by atoms with E-state index in [9.17, 15) is 9.90 Å². The second-order valence-electron chi connectivity index (χ2n) is 9.06. The van der Waals surface area contributed by atoms with Gasteiger partial charge in [0.25, 0.3) is 0 Å². The zero-order chi connectivity index (χ0) is 21.3. The van der Waals surface area contributed by atoms with Gasteiger partial charge in [0.2, 0.25) is 0 Å². The summed E-state index contributed by atoms with van der Waals surface area (Å²) in [6.45, 7) is 0.977. The third-order valence-corrected chi connectivity index (χ3v) is 7.72. The number of rotatable bonds is 3. The summed E-state index contributed by atoms with van der Waals surface area (Å²) in [6, 6.07) is 10.8. The number of carbonyl (C=O) groups excluding carboxylic acids is 1. The first-order valence-corrected chi connectivity index (χ1v) is 10.8. The molecule has 0 radical (unpaired) electrons. The lowest BCUT2D eigenvalue weighted by Crippen LogP contribution is -2.63. The van der Waals surface area contributed by atoms with Crippen molar-refractivity contribution in [2.24, 2.45) is 5.92 Å². The molecule has 6 rings (SSSR count). The predicted molar refractivity (Wildman–Crippen MR) is 114 cm³/mol. The Morgan fingerprint density at radius 2 is 2.16 bits per heavy atom. The quantitative estimate of drug-likeness (QED) is 0.769. The molecule has 2 aromatic rings. The van der Waals surface area contributed by atoms with E-state index in [2.05, 4.69) is 18.0 Å². The van der Waals surface area contributed by atoms with E-state index < -0.39 is 5.97 Å². The molecule has 0 aromatic heterocycles. The van der Waals surface area contributed by atoms with E-state index in [0.717, 1.165) is 37.3 Å². The number of phenols is 1. The van der Waals surface area contributed by atoms with Crippen molar-refractivity contribution in [3.63, 3.8) is 0 Å². The summed E-state index contributed by atoms with van der Waals surface area (Å²) >= 11 is 0. The lowest BCUT2D eigenvalue weighted by molar-refractivity contribution is -0.0272. The summed E-state index contributed by atoms with van der Waals surface area (Å²) in [5.74, 6) is 2.06. The Bertz CT molecular complexity index is 1120. The van der Waals surface area contributed by atoms with Crippen molar-refractivity contribution >= 4 is 5.97 Å². The molecule has 4 unspecified atom stereocenters. The van der Waals surface area contributed by atoms with E-state index in [1.807, 2.05) is 12.1 Å². The SMILES string of the molecule is COc1ccc2c3c1OC1C(OC(=O)c4cccc(O)c4)=CCC4C(C2)N(C)CCC314. The molecular weight excluding hydrogens is 394 g/mol. The van der Waals surface area contributed by atoms with E-state index in [-0.39, 0.29) is 17.3 Å². The van der Waals surface area contributed by atoms with Crippen molar-refractivity contribution < 1.29 is 24.1 Å². The minimum absolute atomic E-state index is 0.0371. The number of ether oxygens (including phenoxy) is 3. The van der Waals surface area contributed by atoms with E-state index in [0.29, 0.717) is 23.3 Å². The number of esters is 1. The van der Waals surface area contributed by atoms with Crippen molar-refractivity contribution in [1.82, 2.24) is 4.90 Å². The normalized spacial score (nSPS) is 30.1. The number of allylic oxidation sites excluding steroid dienone is 1. The third kappa shape index (κ3) is 2.45. The van der Waals surface area contributed by atoms with Gasteiger partial charge in [0.05, 0.1) is 12.7 Å². The average molecular weight is 419 g/mol. The van der Waals surface area contributed by atoms with Crippen molar-refractivity contribution in [2.45, 2.75) is 36.8 Å². The average Bonchev–Trinajstić information content (AvgIpc) is 3.12. The second-order valence-corrected chi connectivity index (χ2v) is 9.06. The van der Waals surface area contributed by atoms with Crippen molar-refractivity contribution in [3.05, 3.63) is 64.9 Å².